The Morgan fingerprint density at radius 1 is 1.09 bits per heavy atom. The molecule has 0 amide bonds. The van der Waals surface area contributed by atoms with E-state index >= 15 is 0 Å². The van der Waals surface area contributed by atoms with Crippen LogP contribution < -0.4 is 10.9 Å². The molecule has 1 N–H and O–H groups in total. The largest absolute Gasteiger partial charge is 0.310 e. The number of rotatable bonds is 4. The van der Waals surface area contributed by atoms with E-state index in [1.165, 1.54) is 0 Å². The van der Waals surface area contributed by atoms with Crippen molar-refractivity contribution in [3.63, 3.8) is 0 Å². The maximum Gasteiger partial charge on any atom is 0.266 e. The number of fused-ring (bicyclic) bond motifs is 1. The standard InChI is InChI=1S/C18H19N3O/c1-3-15(19-2)17-20-16-12-8-7-11-14(16)18(22)21(17)13-9-5-4-6-10-13/h4-12,15,19H,3H2,1-2H3/t15-/m1/s1. The first kappa shape index (κ1) is 14.5. The molecule has 0 aliphatic heterocycles. The molecule has 0 unspecified atom stereocenters. The van der Waals surface area contributed by atoms with E-state index in [0.717, 1.165) is 23.4 Å². The van der Waals surface area contributed by atoms with Crippen LogP contribution in [0.3, 0.4) is 0 Å². The Labute approximate surface area is 129 Å². The van der Waals surface area contributed by atoms with E-state index in [-0.39, 0.29) is 11.6 Å². The van der Waals surface area contributed by atoms with Gasteiger partial charge in [0, 0.05) is 0 Å². The third-order valence-corrected chi connectivity index (χ3v) is 3.88. The van der Waals surface area contributed by atoms with Crippen LogP contribution in [-0.2, 0) is 0 Å². The summed E-state index contributed by atoms with van der Waals surface area (Å²) >= 11 is 0. The van der Waals surface area contributed by atoms with Crippen molar-refractivity contribution in [2.45, 2.75) is 19.4 Å². The van der Waals surface area contributed by atoms with Crippen LogP contribution in [0.4, 0.5) is 0 Å². The fourth-order valence-electron chi connectivity index (χ4n) is 2.73. The lowest BCUT2D eigenvalue weighted by atomic mass is 10.1. The fraction of sp³-hybridized carbons (Fsp3) is 0.222. The Kier molecular flexibility index (Phi) is 4.02. The molecule has 22 heavy (non-hydrogen) atoms. The van der Waals surface area contributed by atoms with Gasteiger partial charge in [0.2, 0.25) is 0 Å². The minimum atomic E-state index is -0.0273. The van der Waals surface area contributed by atoms with E-state index in [1.54, 1.807) is 4.57 Å². The minimum absolute atomic E-state index is 0.0255. The van der Waals surface area contributed by atoms with Gasteiger partial charge in [0.25, 0.3) is 5.56 Å². The number of para-hydroxylation sites is 2. The topological polar surface area (TPSA) is 46.9 Å². The third-order valence-electron chi connectivity index (χ3n) is 3.88. The molecule has 112 valence electrons. The van der Waals surface area contributed by atoms with Crippen molar-refractivity contribution in [3.05, 3.63) is 70.8 Å². The molecule has 0 bridgehead atoms. The molecule has 4 heteroatoms. The summed E-state index contributed by atoms with van der Waals surface area (Å²) in [7, 11) is 1.89. The van der Waals surface area contributed by atoms with Gasteiger partial charge in [-0.1, -0.05) is 37.3 Å². The molecule has 0 radical (unpaired) electrons. The molecule has 1 atom stereocenters. The summed E-state index contributed by atoms with van der Waals surface area (Å²) in [4.78, 5) is 17.7. The van der Waals surface area contributed by atoms with Crippen LogP contribution in [0.25, 0.3) is 16.6 Å². The molecule has 0 fully saturated rings. The Bertz CT molecular complexity index is 836. The lowest BCUT2D eigenvalue weighted by Crippen LogP contribution is -2.29. The van der Waals surface area contributed by atoms with Gasteiger partial charge >= 0.3 is 0 Å². The number of aromatic nitrogens is 2. The molecule has 0 aliphatic rings. The van der Waals surface area contributed by atoms with E-state index in [4.69, 9.17) is 4.98 Å². The van der Waals surface area contributed by atoms with Gasteiger partial charge in [-0.2, -0.15) is 0 Å². The molecule has 3 rings (SSSR count). The van der Waals surface area contributed by atoms with Crippen LogP contribution in [0.2, 0.25) is 0 Å². The van der Waals surface area contributed by atoms with Crippen LogP contribution in [0.15, 0.2) is 59.4 Å². The molecule has 0 saturated heterocycles. The molecule has 0 aliphatic carbocycles. The van der Waals surface area contributed by atoms with Gasteiger partial charge in [-0.15, -0.1) is 0 Å². The van der Waals surface area contributed by atoms with Crippen LogP contribution >= 0.6 is 0 Å². The average Bonchev–Trinajstić information content (AvgIpc) is 2.57. The van der Waals surface area contributed by atoms with E-state index in [0.29, 0.717) is 5.39 Å². The number of hydrogen-bond donors (Lipinski definition) is 1. The van der Waals surface area contributed by atoms with E-state index in [1.807, 2.05) is 61.6 Å². The van der Waals surface area contributed by atoms with Gasteiger partial charge in [0.05, 0.1) is 22.6 Å². The zero-order valence-corrected chi connectivity index (χ0v) is 12.8. The summed E-state index contributed by atoms with van der Waals surface area (Å²) in [5.41, 5.74) is 1.55. The van der Waals surface area contributed by atoms with Crippen molar-refractivity contribution in [1.29, 1.82) is 0 Å². The second kappa shape index (κ2) is 6.12. The van der Waals surface area contributed by atoms with Crippen molar-refractivity contribution in [1.82, 2.24) is 14.9 Å². The summed E-state index contributed by atoms with van der Waals surface area (Å²) in [6.45, 7) is 2.08. The van der Waals surface area contributed by atoms with Crippen molar-refractivity contribution in [3.8, 4) is 5.69 Å². The molecule has 3 aromatic rings. The highest BCUT2D eigenvalue weighted by molar-refractivity contribution is 5.77. The van der Waals surface area contributed by atoms with Gasteiger partial charge in [-0.05, 0) is 37.7 Å². The van der Waals surface area contributed by atoms with Crippen molar-refractivity contribution in [2.75, 3.05) is 7.05 Å². The zero-order valence-electron chi connectivity index (χ0n) is 12.8. The monoisotopic (exact) mass is 293 g/mol. The maximum atomic E-state index is 13.0. The second-order valence-corrected chi connectivity index (χ2v) is 5.21. The summed E-state index contributed by atoms with van der Waals surface area (Å²) < 4.78 is 1.72. The zero-order chi connectivity index (χ0) is 15.5. The average molecular weight is 293 g/mol. The van der Waals surface area contributed by atoms with Crippen LogP contribution in [0.1, 0.15) is 25.2 Å². The molecular formula is C18H19N3O. The summed E-state index contributed by atoms with van der Waals surface area (Å²) in [5.74, 6) is 0.750. The van der Waals surface area contributed by atoms with Crippen molar-refractivity contribution < 1.29 is 0 Å². The van der Waals surface area contributed by atoms with E-state index in [2.05, 4.69) is 12.2 Å². The maximum absolute atomic E-state index is 13.0. The molecule has 4 nitrogen and oxygen atoms in total. The van der Waals surface area contributed by atoms with E-state index < -0.39 is 0 Å². The second-order valence-electron chi connectivity index (χ2n) is 5.21. The predicted octanol–water partition coefficient (Wildman–Crippen LogP) is 3.06. The number of hydrogen-bond acceptors (Lipinski definition) is 3. The Morgan fingerprint density at radius 2 is 1.77 bits per heavy atom. The molecule has 2 aromatic carbocycles. The lowest BCUT2D eigenvalue weighted by molar-refractivity contribution is 0.529. The molecule has 0 spiro atoms. The highest BCUT2D eigenvalue weighted by Crippen LogP contribution is 2.19. The number of nitrogens with one attached hydrogen (secondary N) is 1. The smallest absolute Gasteiger partial charge is 0.266 e. The SMILES string of the molecule is CC[C@@H](NC)c1nc2ccccc2c(=O)n1-c1ccccc1. The van der Waals surface area contributed by atoms with Crippen LogP contribution in [-0.4, -0.2) is 16.6 Å². The van der Waals surface area contributed by atoms with Crippen LogP contribution in [0, 0.1) is 0 Å². The van der Waals surface area contributed by atoms with Crippen molar-refractivity contribution >= 4 is 10.9 Å². The van der Waals surface area contributed by atoms with E-state index in [9.17, 15) is 4.79 Å². The number of benzene rings is 2. The number of nitrogens with zero attached hydrogens (tertiary/aromatic N) is 2. The molecular weight excluding hydrogens is 274 g/mol. The summed E-state index contributed by atoms with van der Waals surface area (Å²) in [6.07, 6.45) is 0.855. The van der Waals surface area contributed by atoms with Gasteiger partial charge in [-0.3, -0.25) is 9.36 Å². The van der Waals surface area contributed by atoms with Gasteiger partial charge < -0.3 is 5.32 Å². The normalized spacial score (nSPS) is 12.5. The minimum Gasteiger partial charge on any atom is -0.310 e. The highest BCUT2D eigenvalue weighted by atomic mass is 16.1. The quantitative estimate of drug-likeness (QED) is 0.804. The highest BCUT2D eigenvalue weighted by Gasteiger charge is 2.18. The third kappa shape index (κ3) is 2.42. The van der Waals surface area contributed by atoms with Gasteiger partial charge in [0.1, 0.15) is 5.82 Å². The Morgan fingerprint density at radius 3 is 2.45 bits per heavy atom. The molecule has 1 aromatic heterocycles. The summed E-state index contributed by atoms with van der Waals surface area (Å²) in [5, 5.41) is 3.89. The Balaban J connectivity index is 2.38. The molecule has 1 heterocycles. The summed E-state index contributed by atoms with van der Waals surface area (Å²) in [6, 6.07) is 17.2. The van der Waals surface area contributed by atoms with Crippen LogP contribution in [0.5, 0.6) is 0 Å². The predicted molar refractivity (Wildman–Crippen MR) is 89.4 cm³/mol. The first-order valence-corrected chi connectivity index (χ1v) is 7.50. The van der Waals surface area contributed by atoms with Gasteiger partial charge in [-0.25, -0.2) is 4.98 Å². The molecule has 0 saturated carbocycles. The van der Waals surface area contributed by atoms with Crippen molar-refractivity contribution in [2.24, 2.45) is 0 Å². The Hall–Kier alpha value is -2.46. The van der Waals surface area contributed by atoms with Gasteiger partial charge in [0.15, 0.2) is 0 Å². The first-order chi connectivity index (χ1) is 10.8. The lowest BCUT2D eigenvalue weighted by Gasteiger charge is -2.20. The fourth-order valence-corrected chi connectivity index (χ4v) is 2.73. The first-order valence-electron chi connectivity index (χ1n) is 7.50.